The second kappa shape index (κ2) is 1.95. The molecule has 0 aromatic carbocycles. The molecule has 0 saturated carbocycles. The van der Waals surface area contributed by atoms with Gasteiger partial charge in [-0.25, -0.2) is 0 Å². The monoisotopic (exact) mass is 140 g/mol. The molecule has 2 aliphatic rings. The summed E-state index contributed by atoms with van der Waals surface area (Å²) in [5, 5.41) is 0. The molecule has 3 nitrogen and oxygen atoms in total. The van der Waals surface area contributed by atoms with Crippen LogP contribution in [0, 0.1) is 0 Å². The van der Waals surface area contributed by atoms with Gasteiger partial charge in [-0.3, -0.25) is 4.79 Å². The highest BCUT2D eigenvalue weighted by atomic mass is 16.2. The van der Waals surface area contributed by atoms with E-state index >= 15 is 0 Å². The predicted molar refractivity (Wildman–Crippen MR) is 37.3 cm³/mol. The summed E-state index contributed by atoms with van der Waals surface area (Å²) in [6.07, 6.45) is 3.22. The Bertz CT molecular complexity index is 169. The Kier molecular flexibility index (Phi) is 1.20. The highest BCUT2D eigenvalue weighted by Crippen LogP contribution is 2.27. The van der Waals surface area contributed by atoms with Crippen molar-refractivity contribution in [1.29, 1.82) is 0 Å². The number of nitrogens with two attached hydrogens (primary N) is 1. The molecule has 2 aliphatic heterocycles. The largest absolute Gasteiger partial charge is 0.338 e. The average Bonchev–Trinajstić information content (AvgIpc) is 2.41. The molecule has 0 spiro atoms. The van der Waals surface area contributed by atoms with E-state index in [0.29, 0.717) is 6.04 Å². The van der Waals surface area contributed by atoms with Crippen LogP contribution in [0.3, 0.4) is 0 Å². The zero-order valence-corrected chi connectivity index (χ0v) is 5.92. The van der Waals surface area contributed by atoms with Gasteiger partial charge in [-0.2, -0.15) is 0 Å². The molecule has 2 atom stereocenters. The van der Waals surface area contributed by atoms with E-state index in [-0.39, 0.29) is 11.9 Å². The number of nitrogens with zero attached hydrogens (tertiary/aromatic N) is 1. The number of carbonyl (C=O) groups is 1. The minimum atomic E-state index is -0.190. The first-order valence-electron chi connectivity index (χ1n) is 3.85. The van der Waals surface area contributed by atoms with E-state index in [4.69, 9.17) is 5.73 Å². The standard InChI is InChI=1S/C7H12N2O/c8-6-4-5-2-1-3-9(5)7(6)10/h5-6H,1-4,8H2/t5-,6-/m0/s1. The predicted octanol–water partition coefficient (Wildman–Crippen LogP) is -0.292. The van der Waals surface area contributed by atoms with Crippen LogP contribution in [0.5, 0.6) is 0 Å². The first kappa shape index (κ1) is 6.16. The van der Waals surface area contributed by atoms with E-state index in [0.717, 1.165) is 13.0 Å². The topological polar surface area (TPSA) is 46.3 Å². The molecule has 3 heteroatoms. The second-order valence-corrected chi connectivity index (χ2v) is 3.17. The van der Waals surface area contributed by atoms with Crippen molar-refractivity contribution in [2.45, 2.75) is 31.3 Å². The van der Waals surface area contributed by atoms with Crippen LogP contribution in [0.15, 0.2) is 0 Å². The van der Waals surface area contributed by atoms with Crippen molar-refractivity contribution in [3.63, 3.8) is 0 Å². The smallest absolute Gasteiger partial charge is 0.239 e. The van der Waals surface area contributed by atoms with Gasteiger partial charge in [0.05, 0.1) is 6.04 Å². The number of hydrogen-bond donors (Lipinski definition) is 1. The van der Waals surface area contributed by atoms with Crippen molar-refractivity contribution in [3.05, 3.63) is 0 Å². The molecule has 0 unspecified atom stereocenters. The average molecular weight is 140 g/mol. The lowest BCUT2D eigenvalue weighted by atomic mass is 10.1. The van der Waals surface area contributed by atoms with Crippen molar-refractivity contribution < 1.29 is 4.79 Å². The third-order valence-electron chi connectivity index (χ3n) is 2.50. The first-order chi connectivity index (χ1) is 4.79. The van der Waals surface area contributed by atoms with E-state index < -0.39 is 0 Å². The fourth-order valence-electron chi connectivity index (χ4n) is 1.98. The molecule has 2 fully saturated rings. The van der Waals surface area contributed by atoms with Crippen molar-refractivity contribution in [2.75, 3.05) is 6.54 Å². The van der Waals surface area contributed by atoms with Gasteiger partial charge < -0.3 is 10.6 Å². The van der Waals surface area contributed by atoms with E-state index in [1.807, 2.05) is 4.90 Å². The van der Waals surface area contributed by atoms with Gasteiger partial charge in [-0.05, 0) is 19.3 Å². The normalized spacial score (nSPS) is 38.9. The molecule has 0 aliphatic carbocycles. The minimum absolute atomic E-state index is 0.169. The van der Waals surface area contributed by atoms with Gasteiger partial charge in [0.15, 0.2) is 0 Å². The summed E-state index contributed by atoms with van der Waals surface area (Å²) < 4.78 is 0. The summed E-state index contributed by atoms with van der Waals surface area (Å²) in [5.41, 5.74) is 5.58. The quantitative estimate of drug-likeness (QED) is 0.502. The lowest BCUT2D eigenvalue weighted by Gasteiger charge is -2.13. The fraction of sp³-hybridized carbons (Fsp3) is 0.857. The Labute approximate surface area is 60.2 Å². The number of amides is 1. The van der Waals surface area contributed by atoms with Crippen molar-refractivity contribution in [1.82, 2.24) is 4.90 Å². The Morgan fingerprint density at radius 1 is 1.60 bits per heavy atom. The van der Waals surface area contributed by atoms with Gasteiger partial charge in [0.2, 0.25) is 5.91 Å². The molecule has 0 aromatic rings. The van der Waals surface area contributed by atoms with E-state index in [9.17, 15) is 4.79 Å². The highest BCUT2D eigenvalue weighted by Gasteiger charge is 2.39. The molecular formula is C7H12N2O. The lowest BCUT2D eigenvalue weighted by molar-refractivity contribution is -0.128. The number of hydrogen-bond acceptors (Lipinski definition) is 2. The summed E-state index contributed by atoms with van der Waals surface area (Å²) >= 11 is 0. The van der Waals surface area contributed by atoms with Gasteiger partial charge in [0.1, 0.15) is 0 Å². The number of fused-ring (bicyclic) bond motifs is 1. The fourth-order valence-corrected chi connectivity index (χ4v) is 1.98. The number of rotatable bonds is 0. The summed E-state index contributed by atoms with van der Waals surface area (Å²) in [7, 11) is 0. The first-order valence-corrected chi connectivity index (χ1v) is 3.85. The molecular weight excluding hydrogens is 128 g/mol. The van der Waals surface area contributed by atoms with Gasteiger partial charge in [-0.1, -0.05) is 0 Å². The zero-order valence-electron chi connectivity index (χ0n) is 5.92. The van der Waals surface area contributed by atoms with E-state index in [1.165, 1.54) is 12.8 Å². The Morgan fingerprint density at radius 3 is 3.10 bits per heavy atom. The van der Waals surface area contributed by atoms with Gasteiger partial charge in [-0.15, -0.1) is 0 Å². The van der Waals surface area contributed by atoms with Crippen LogP contribution >= 0.6 is 0 Å². The maximum Gasteiger partial charge on any atom is 0.239 e. The third-order valence-corrected chi connectivity index (χ3v) is 2.50. The molecule has 2 N–H and O–H groups in total. The van der Waals surface area contributed by atoms with Crippen molar-refractivity contribution in [3.8, 4) is 0 Å². The summed E-state index contributed by atoms with van der Waals surface area (Å²) in [4.78, 5) is 13.1. The van der Waals surface area contributed by atoms with Gasteiger partial charge in [0, 0.05) is 12.6 Å². The molecule has 0 aromatic heterocycles. The summed E-state index contributed by atoms with van der Waals surface area (Å²) in [6, 6.07) is 0.299. The van der Waals surface area contributed by atoms with Crippen LogP contribution in [0.25, 0.3) is 0 Å². The molecule has 1 amide bonds. The van der Waals surface area contributed by atoms with Crippen LogP contribution in [0.2, 0.25) is 0 Å². The maximum atomic E-state index is 11.2. The maximum absolute atomic E-state index is 11.2. The Morgan fingerprint density at radius 2 is 2.40 bits per heavy atom. The zero-order chi connectivity index (χ0) is 7.14. The summed E-state index contributed by atoms with van der Waals surface area (Å²) in [5.74, 6) is 0.169. The molecule has 2 heterocycles. The SMILES string of the molecule is N[C@H]1C[C@@H]2CCCN2C1=O. The molecule has 56 valence electrons. The van der Waals surface area contributed by atoms with Crippen LogP contribution in [-0.2, 0) is 4.79 Å². The van der Waals surface area contributed by atoms with Crippen molar-refractivity contribution in [2.24, 2.45) is 5.73 Å². The van der Waals surface area contributed by atoms with Crippen LogP contribution in [-0.4, -0.2) is 29.4 Å². The van der Waals surface area contributed by atoms with Crippen LogP contribution in [0.4, 0.5) is 0 Å². The molecule has 2 saturated heterocycles. The molecule has 0 bridgehead atoms. The van der Waals surface area contributed by atoms with Crippen LogP contribution < -0.4 is 5.73 Å². The van der Waals surface area contributed by atoms with Gasteiger partial charge in [0.25, 0.3) is 0 Å². The Hall–Kier alpha value is -0.570. The number of carbonyl (C=O) groups excluding carboxylic acids is 1. The van der Waals surface area contributed by atoms with E-state index in [2.05, 4.69) is 0 Å². The molecule has 10 heavy (non-hydrogen) atoms. The lowest BCUT2D eigenvalue weighted by Crippen LogP contribution is -2.33. The Balaban J connectivity index is 2.17. The minimum Gasteiger partial charge on any atom is -0.338 e. The highest BCUT2D eigenvalue weighted by molar-refractivity contribution is 5.84. The third kappa shape index (κ3) is 0.669. The van der Waals surface area contributed by atoms with E-state index in [1.54, 1.807) is 0 Å². The summed E-state index contributed by atoms with van der Waals surface area (Å²) in [6.45, 7) is 0.942. The molecule has 0 radical (unpaired) electrons. The van der Waals surface area contributed by atoms with Crippen molar-refractivity contribution >= 4 is 5.91 Å². The second-order valence-electron chi connectivity index (χ2n) is 3.17. The van der Waals surface area contributed by atoms with Crippen LogP contribution in [0.1, 0.15) is 19.3 Å². The van der Waals surface area contributed by atoms with Gasteiger partial charge >= 0.3 is 0 Å². The molecule has 2 rings (SSSR count).